The number of aliphatic hydroxyl groups excluding tert-OH is 1. The Morgan fingerprint density at radius 1 is 1.56 bits per heavy atom. The van der Waals surface area contributed by atoms with E-state index < -0.39 is 18.3 Å². The number of aliphatic hydroxyl groups is 1. The van der Waals surface area contributed by atoms with Gasteiger partial charge < -0.3 is 15.6 Å². The molecular formula is C11H12ClNO3. The van der Waals surface area contributed by atoms with E-state index in [1.165, 1.54) is 0 Å². The molecule has 1 amide bonds. The minimum absolute atomic E-state index is 0.488. The molecule has 0 saturated heterocycles. The van der Waals surface area contributed by atoms with Crippen LogP contribution in [0.2, 0.25) is 5.02 Å². The van der Waals surface area contributed by atoms with Crippen molar-refractivity contribution in [2.75, 3.05) is 0 Å². The highest BCUT2D eigenvalue weighted by Crippen LogP contribution is 2.37. The second-order valence-electron chi connectivity index (χ2n) is 3.78. The van der Waals surface area contributed by atoms with E-state index in [9.17, 15) is 9.90 Å². The van der Waals surface area contributed by atoms with Gasteiger partial charge in [0.25, 0.3) is 0 Å². The molecule has 3 N–H and O–H groups in total. The number of benzene rings is 1. The Morgan fingerprint density at radius 3 is 3.00 bits per heavy atom. The molecule has 0 unspecified atom stereocenters. The van der Waals surface area contributed by atoms with Gasteiger partial charge in [-0.25, -0.2) is 4.79 Å². The number of aryl methyl sites for hydroxylation is 1. The molecule has 2 atom stereocenters. The van der Waals surface area contributed by atoms with Gasteiger partial charge in [0.1, 0.15) is 0 Å². The molecule has 1 aromatic rings. The van der Waals surface area contributed by atoms with E-state index in [4.69, 9.17) is 22.1 Å². The molecule has 0 spiro atoms. The second kappa shape index (κ2) is 4.31. The molecule has 0 fully saturated rings. The third kappa shape index (κ3) is 1.99. The maximum absolute atomic E-state index is 10.8. The van der Waals surface area contributed by atoms with Crippen LogP contribution in [-0.2, 0) is 11.2 Å². The number of ether oxygens (including phenoxy) is 1. The van der Waals surface area contributed by atoms with Gasteiger partial charge >= 0.3 is 6.09 Å². The van der Waals surface area contributed by atoms with E-state index >= 15 is 0 Å². The van der Waals surface area contributed by atoms with E-state index in [1.807, 2.05) is 12.1 Å². The lowest BCUT2D eigenvalue weighted by Gasteiger charge is -2.30. The summed E-state index contributed by atoms with van der Waals surface area (Å²) in [6.45, 7) is 0. The van der Waals surface area contributed by atoms with Crippen LogP contribution in [0.4, 0.5) is 4.79 Å². The maximum Gasteiger partial charge on any atom is 0.405 e. The van der Waals surface area contributed by atoms with E-state index in [0.29, 0.717) is 17.0 Å². The second-order valence-corrected chi connectivity index (χ2v) is 4.18. The van der Waals surface area contributed by atoms with Crippen molar-refractivity contribution < 1.29 is 14.6 Å². The number of rotatable bonds is 1. The summed E-state index contributed by atoms with van der Waals surface area (Å²) in [5.41, 5.74) is 6.64. The van der Waals surface area contributed by atoms with Crippen molar-refractivity contribution in [3.8, 4) is 0 Å². The number of amides is 1. The molecule has 0 aliphatic heterocycles. The van der Waals surface area contributed by atoms with Gasteiger partial charge in [0, 0.05) is 10.6 Å². The highest BCUT2D eigenvalue weighted by molar-refractivity contribution is 6.31. The first-order valence-corrected chi connectivity index (χ1v) is 5.39. The first kappa shape index (κ1) is 11.2. The number of halogens is 1. The number of primary amides is 1. The van der Waals surface area contributed by atoms with Crippen LogP contribution in [-0.4, -0.2) is 17.3 Å². The molecule has 0 bridgehead atoms. The van der Waals surface area contributed by atoms with Crippen LogP contribution < -0.4 is 5.73 Å². The Balaban J connectivity index is 2.42. The lowest BCUT2D eigenvalue weighted by molar-refractivity contribution is -0.00505. The zero-order chi connectivity index (χ0) is 11.7. The molecular weight excluding hydrogens is 230 g/mol. The number of nitrogens with two attached hydrogens (primary N) is 1. The summed E-state index contributed by atoms with van der Waals surface area (Å²) in [7, 11) is 0. The SMILES string of the molecule is NC(=O)O[C@H]1c2c(Cl)cccc2CC[C@H]1O. The fourth-order valence-corrected chi connectivity index (χ4v) is 2.33. The third-order valence-electron chi connectivity index (χ3n) is 2.73. The fourth-order valence-electron chi connectivity index (χ4n) is 2.03. The minimum Gasteiger partial charge on any atom is -0.439 e. The third-order valence-corrected chi connectivity index (χ3v) is 3.06. The minimum atomic E-state index is -0.906. The molecule has 1 aromatic carbocycles. The van der Waals surface area contributed by atoms with E-state index in [0.717, 1.165) is 12.0 Å². The van der Waals surface area contributed by atoms with Crippen molar-refractivity contribution in [3.05, 3.63) is 34.3 Å². The number of hydrogen-bond donors (Lipinski definition) is 2. The van der Waals surface area contributed by atoms with E-state index in [2.05, 4.69) is 0 Å². The number of fused-ring (bicyclic) bond motifs is 1. The Hall–Kier alpha value is -1.26. The maximum atomic E-state index is 10.8. The van der Waals surface area contributed by atoms with Gasteiger partial charge in [-0.05, 0) is 24.5 Å². The number of carbonyl (C=O) groups excluding carboxylic acids is 1. The van der Waals surface area contributed by atoms with Gasteiger partial charge in [0.2, 0.25) is 0 Å². The van der Waals surface area contributed by atoms with Crippen LogP contribution in [0.15, 0.2) is 18.2 Å². The van der Waals surface area contributed by atoms with Crippen LogP contribution >= 0.6 is 11.6 Å². The molecule has 2 rings (SSSR count). The molecule has 0 aromatic heterocycles. The highest BCUT2D eigenvalue weighted by Gasteiger charge is 2.32. The summed E-state index contributed by atoms with van der Waals surface area (Å²) < 4.78 is 4.92. The molecule has 1 aliphatic rings. The number of carbonyl (C=O) groups is 1. The summed E-state index contributed by atoms with van der Waals surface area (Å²) in [6.07, 6.45) is -1.16. The van der Waals surface area contributed by atoms with Gasteiger partial charge in [-0.3, -0.25) is 0 Å². The van der Waals surface area contributed by atoms with Gasteiger partial charge in [-0.15, -0.1) is 0 Å². The Labute approximate surface area is 98.0 Å². The zero-order valence-electron chi connectivity index (χ0n) is 8.52. The van der Waals surface area contributed by atoms with Crippen molar-refractivity contribution in [2.45, 2.75) is 25.0 Å². The largest absolute Gasteiger partial charge is 0.439 e. The molecule has 0 heterocycles. The normalized spacial score (nSPS) is 23.6. The quantitative estimate of drug-likeness (QED) is 0.787. The molecule has 5 heteroatoms. The van der Waals surface area contributed by atoms with E-state index in [-0.39, 0.29) is 0 Å². The summed E-state index contributed by atoms with van der Waals surface area (Å²) in [5.74, 6) is 0. The van der Waals surface area contributed by atoms with Crippen LogP contribution in [0.3, 0.4) is 0 Å². The van der Waals surface area contributed by atoms with Gasteiger partial charge in [0.05, 0.1) is 6.10 Å². The monoisotopic (exact) mass is 241 g/mol. The predicted molar refractivity (Wildman–Crippen MR) is 59.2 cm³/mol. The van der Waals surface area contributed by atoms with Crippen molar-refractivity contribution in [3.63, 3.8) is 0 Å². The summed E-state index contributed by atoms with van der Waals surface area (Å²) >= 11 is 6.04. The topological polar surface area (TPSA) is 72.6 Å². The fraction of sp³-hybridized carbons (Fsp3) is 0.364. The Kier molecular flexibility index (Phi) is 3.03. The zero-order valence-corrected chi connectivity index (χ0v) is 9.28. The summed E-state index contributed by atoms with van der Waals surface area (Å²) in [5, 5.41) is 10.3. The van der Waals surface area contributed by atoms with Crippen LogP contribution in [0.1, 0.15) is 23.7 Å². The smallest absolute Gasteiger partial charge is 0.405 e. The van der Waals surface area contributed by atoms with Gasteiger partial charge in [-0.2, -0.15) is 0 Å². The summed E-state index contributed by atoms with van der Waals surface area (Å²) in [6, 6.07) is 5.44. The van der Waals surface area contributed by atoms with Crippen LogP contribution in [0, 0.1) is 0 Å². The Bertz CT molecular complexity index is 422. The Morgan fingerprint density at radius 2 is 2.31 bits per heavy atom. The van der Waals surface area contributed by atoms with Crippen molar-refractivity contribution in [1.82, 2.24) is 0 Å². The average molecular weight is 242 g/mol. The van der Waals surface area contributed by atoms with Crippen molar-refractivity contribution in [2.24, 2.45) is 5.73 Å². The highest BCUT2D eigenvalue weighted by atomic mass is 35.5. The number of hydrogen-bond acceptors (Lipinski definition) is 3. The van der Waals surface area contributed by atoms with E-state index in [1.54, 1.807) is 6.07 Å². The van der Waals surface area contributed by atoms with Crippen LogP contribution in [0.25, 0.3) is 0 Å². The molecule has 4 nitrogen and oxygen atoms in total. The van der Waals surface area contributed by atoms with Crippen molar-refractivity contribution >= 4 is 17.7 Å². The molecule has 16 heavy (non-hydrogen) atoms. The van der Waals surface area contributed by atoms with Crippen molar-refractivity contribution in [1.29, 1.82) is 0 Å². The molecule has 0 saturated carbocycles. The van der Waals surface area contributed by atoms with Crippen LogP contribution in [0.5, 0.6) is 0 Å². The lowest BCUT2D eigenvalue weighted by Crippen LogP contribution is -2.31. The molecule has 0 radical (unpaired) electrons. The predicted octanol–water partition coefficient (Wildman–Crippen LogP) is 1.78. The molecule has 86 valence electrons. The van der Waals surface area contributed by atoms with Gasteiger partial charge in [-0.1, -0.05) is 23.7 Å². The first-order chi connectivity index (χ1) is 7.59. The standard InChI is InChI=1S/C11H12ClNO3/c12-7-3-1-2-6-4-5-8(14)10(9(6)7)16-11(13)15/h1-3,8,10,14H,4-5H2,(H2,13,15)/t8-,10-/m1/s1. The summed E-state index contributed by atoms with van der Waals surface area (Å²) in [4.78, 5) is 10.8. The molecule has 1 aliphatic carbocycles. The van der Waals surface area contributed by atoms with Gasteiger partial charge in [0.15, 0.2) is 6.10 Å². The average Bonchev–Trinajstić information content (AvgIpc) is 2.22. The lowest BCUT2D eigenvalue weighted by atomic mass is 9.87. The first-order valence-electron chi connectivity index (χ1n) is 5.01.